The predicted octanol–water partition coefficient (Wildman–Crippen LogP) is 5.78. The molecule has 1 aromatic heterocycles. The number of hydrogen-bond acceptors (Lipinski definition) is 6. The van der Waals surface area contributed by atoms with Gasteiger partial charge in [0.25, 0.3) is 0 Å². The Morgan fingerprint density at radius 1 is 1.18 bits per heavy atom. The zero-order valence-electron chi connectivity index (χ0n) is 19.4. The maximum Gasteiger partial charge on any atom is 0.247 e. The lowest BCUT2D eigenvalue weighted by molar-refractivity contribution is -0.127. The Balaban J connectivity index is 1.42. The van der Waals surface area contributed by atoms with E-state index in [2.05, 4.69) is 17.1 Å². The highest BCUT2D eigenvalue weighted by molar-refractivity contribution is 6.30. The number of aromatic nitrogens is 2. The van der Waals surface area contributed by atoms with E-state index in [1.165, 1.54) is 0 Å². The summed E-state index contributed by atoms with van der Waals surface area (Å²) in [4.78, 5) is 14.8. The van der Waals surface area contributed by atoms with Gasteiger partial charge in [-0.05, 0) is 67.3 Å². The number of amides is 1. The normalized spacial score (nSPS) is 13.3. The smallest absolute Gasteiger partial charge is 0.247 e. The number of benzene rings is 2. The van der Waals surface area contributed by atoms with E-state index in [1.54, 1.807) is 36.3 Å². The van der Waals surface area contributed by atoms with Crippen molar-refractivity contribution in [2.45, 2.75) is 45.2 Å². The fraction of sp³-hybridized carbons (Fsp3) is 0.346. The molecule has 0 saturated heterocycles. The van der Waals surface area contributed by atoms with Crippen molar-refractivity contribution in [1.29, 1.82) is 0 Å². The van der Waals surface area contributed by atoms with Crippen molar-refractivity contribution in [3.63, 3.8) is 0 Å². The summed E-state index contributed by atoms with van der Waals surface area (Å²) in [7, 11) is 1.61. The Hall–Kier alpha value is -3.32. The Morgan fingerprint density at radius 2 is 1.97 bits per heavy atom. The summed E-state index contributed by atoms with van der Waals surface area (Å²) in [5.41, 5.74) is 1.63. The van der Waals surface area contributed by atoms with Crippen molar-refractivity contribution >= 4 is 23.6 Å². The topological polar surface area (TPSA) is 77.7 Å². The number of carbonyl (C=O) groups is 1. The number of ether oxygens (including phenoxy) is 2. The van der Waals surface area contributed by atoms with Gasteiger partial charge in [-0.2, -0.15) is 0 Å². The van der Waals surface area contributed by atoms with Crippen molar-refractivity contribution in [2.24, 2.45) is 0 Å². The summed E-state index contributed by atoms with van der Waals surface area (Å²) in [5, 5.41) is 8.88. The summed E-state index contributed by atoms with van der Waals surface area (Å²) in [6.07, 6.45) is 7.33. The Morgan fingerprint density at radius 3 is 2.68 bits per heavy atom. The third-order valence-electron chi connectivity index (χ3n) is 5.50. The number of carbonyl (C=O) groups excluding carboxylic acids is 1. The number of hydrogen-bond donors (Lipinski definition) is 0. The van der Waals surface area contributed by atoms with Gasteiger partial charge in [-0.15, -0.1) is 10.2 Å². The van der Waals surface area contributed by atoms with Crippen LogP contribution in [0.25, 0.3) is 17.5 Å². The quantitative estimate of drug-likeness (QED) is 0.255. The minimum absolute atomic E-state index is 0.101. The van der Waals surface area contributed by atoms with E-state index in [9.17, 15) is 4.79 Å². The Bertz CT molecular complexity index is 1140. The van der Waals surface area contributed by atoms with Crippen LogP contribution in [0.2, 0.25) is 5.02 Å². The lowest BCUT2D eigenvalue weighted by atomic mass is 10.2. The average Bonchev–Trinajstić information content (AvgIpc) is 3.59. The van der Waals surface area contributed by atoms with Gasteiger partial charge in [-0.3, -0.25) is 4.79 Å². The fourth-order valence-corrected chi connectivity index (χ4v) is 3.57. The summed E-state index contributed by atoms with van der Waals surface area (Å²) in [6.45, 7) is 3.03. The Labute approximate surface area is 204 Å². The van der Waals surface area contributed by atoms with E-state index >= 15 is 0 Å². The summed E-state index contributed by atoms with van der Waals surface area (Å²) < 4.78 is 17.0. The highest BCUT2D eigenvalue weighted by atomic mass is 35.5. The second-order valence-electron chi connectivity index (χ2n) is 8.15. The first-order chi connectivity index (χ1) is 16.6. The van der Waals surface area contributed by atoms with Gasteiger partial charge >= 0.3 is 0 Å². The third-order valence-corrected chi connectivity index (χ3v) is 5.75. The molecule has 0 bridgehead atoms. The largest absolute Gasteiger partial charge is 0.493 e. The maximum atomic E-state index is 13.0. The first-order valence-electron chi connectivity index (χ1n) is 11.4. The van der Waals surface area contributed by atoms with Gasteiger partial charge in [-0.25, -0.2) is 0 Å². The molecule has 8 heteroatoms. The molecule has 0 radical (unpaired) electrons. The highest BCUT2D eigenvalue weighted by Crippen LogP contribution is 2.31. The molecule has 0 spiro atoms. The second kappa shape index (κ2) is 11.2. The Kier molecular flexibility index (Phi) is 7.85. The summed E-state index contributed by atoms with van der Waals surface area (Å²) in [5.74, 6) is 2.04. The van der Waals surface area contributed by atoms with Crippen molar-refractivity contribution in [1.82, 2.24) is 15.1 Å². The molecule has 2 aromatic carbocycles. The van der Waals surface area contributed by atoms with Crippen LogP contribution in [0.5, 0.6) is 11.5 Å². The molecule has 0 N–H and O–H groups in total. The first-order valence-corrected chi connectivity index (χ1v) is 11.8. The van der Waals surface area contributed by atoms with Crippen LogP contribution < -0.4 is 9.47 Å². The van der Waals surface area contributed by atoms with Crippen LogP contribution in [0.4, 0.5) is 0 Å². The molecule has 4 rings (SSSR count). The van der Waals surface area contributed by atoms with E-state index in [1.807, 2.05) is 30.3 Å². The highest BCUT2D eigenvalue weighted by Gasteiger charge is 2.32. The number of halogens is 1. The first kappa shape index (κ1) is 23.8. The standard InChI is InChI=1S/C26H28ClN3O4/c1-3-4-15-33-22-13-5-18(16-23(22)32-2)6-14-25(31)30(21-11-12-21)17-24-28-29-26(34-24)19-7-9-20(27)10-8-19/h5-10,13-14,16,21H,3-4,11-12,15,17H2,1-2H3/b14-6+. The van der Waals surface area contributed by atoms with E-state index in [-0.39, 0.29) is 18.5 Å². The molecule has 1 aliphatic rings. The fourth-order valence-electron chi connectivity index (χ4n) is 3.44. The molecule has 3 aromatic rings. The van der Waals surface area contributed by atoms with Crippen LogP contribution in [-0.2, 0) is 11.3 Å². The molecule has 1 amide bonds. The van der Waals surface area contributed by atoms with Gasteiger partial charge in [0.2, 0.25) is 17.7 Å². The second-order valence-corrected chi connectivity index (χ2v) is 8.59. The molecule has 0 atom stereocenters. The molecule has 0 aliphatic heterocycles. The van der Waals surface area contributed by atoms with Crippen molar-refractivity contribution < 1.29 is 18.7 Å². The third kappa shape index (κ3) is 6.17. The van der Waals surface area contributed by atoms with Gasteiger partial charge < -0.3 is 18.8 Å². The lowest BCUT2D eigenvalue weighted by Gasteiger charge is -2.18. The van der Waals surface area contributed by atoms with Crippen LogP contribution >= 0.6 is 11.6 Å². The predicted molar refractivity (Wildman–Crippen MR) is 131 cm³/mol. The summed E-state index contributed by atoms with van der Waals surface area (Å²) >= 11 is 5.94. The van der Waals surface area contributed by atoms with Gasteiger partial charge in [0.15, 0.2) is 11.5 Å². The maximum absolute atomic E-state index is 13.0. The van der Waals surface area contributed by atoms with Crippen molar-refractivity contribution in [2.75, 3.05) is 13.7 Å². The summed E-state index contributed by atoms with van der Waals surface area (Å²) in [6, 6.07) is 13.0. The SMILES string of the molecule is CCCCOc1ccc(/C=C/C(=O)N(Cc2nnc(-c3ccc(Cl)cc3)o2)C2CC2)cc1OC. The minimum Gasteiger partial charge on any atom is -0.493 e. The van der Waals surface area contributed by atoms with Crippen LogP contribution in [-0.4, -0.2) is 40.8 Å². The molecule has 0 unspecified atom stereocenters. The van der Waals surface area contributed by atoms with Gasteiger partial charge in [0.05, 0.1) is 20.3 Å². The minimum atomic E-state index is -0.101. The van der Waals surface area contributed by atoms with E-state index in [0.717, 1.165) is 36.8 Å². The van der Waals surface area contributed by atoms with Crippen LogP contribution in [0.15, 0.2) is 53.0 Å². The van der Waals surface area contributed by atoms with Crippen LogP contribution in [0, 0.1) is 0 Å². The molecule has 1 saturated carbocycles. The number of unbranched alkanes of at least 4 members (excludes halogenated alkanes) is 1. The zero-order valence-corrected chi connectivity index (χ0v) is 20.1. The zero-order chi connectivity index (χ0) is 23.9. The molecule has 34 heavy (non-hydrogen) atoms. The molecule has 1 aliphatic carbocycles. The van der Waals surface area contributed by atoms with Crippen molar-refractivity contribution in [3.05, 3.63) is 65.0 Å². The number of rotatable bonds is 11. The van der Waals surface area contributed by atoms with Gasteiger partial charge in [0, 0.05) is 22.7 Å². The molecule has 7 nitrogen and oxygen atoms in total. The monoisotopic (exact) mass is 481 g/mol. The van der Waals surface area contributed by atoms with E-state index in [4.69, 9.17) is 25.5 Å². The lowest BCUT2D eigenvalue weighted by Crippen LogP contribution is -2.31. The molecular formula is C26H28ClN3O4. The molecule has 1 fully saturated rings. The van der Waals surface area contributed by atoms with E-state index in [0.29, 0.717) is 34.9 Å². The van der Waals surface area contributed by atoms with Gasteiger partial charge in [-0.1, -0.05) is 31.0 Å². The molecule has 1 heterocycles. The number of nitrogens with zero attached hydrogens (tertiary/aromatic N) is 3. The molecular weight excluding hydrogens is 454 g/mol. The average molecular weight is 482 g/mol. The van der Waals surface area contributed by atoms with Gasteiger partial charge in [0.1, 0.15) is 0 Å². The van der Waals surface area contributed by atoms with E-state index < -0.39 is 0 Å². The van der Waals surface area contributed by atoms with Crippen LogP contribution in [0.3, 0.4) is 0 Å². The van der Waals surface area contributed by atoms with Crippen LogP contribution in [0.1, 0.15) is 44.1 Å². The molecule has 178 valence electrons. The number of methoxy groups -OCH3 is 1. The van der Waals surface area contributed by atoms with Crippen molar-refractivity contribution in [3.8, 4) is 23.0 Å².